The average molecular weight is 459 g/mol. The molecule has 2 saturated carbocycles. The van der Waals surface area contributed by atoms with Crippen LogP contribution < -0.4 is 10.6 Å². The average Bonchev–Trinajstić information content (AvgIpc) is 3.28. The third-order valence-corrected chi connectivity index (χ3v) is 7.50. The maximum atomic E-state index is 12.7. The van der Waals surface area contributed by atoms with E-state index < -0.39 is 0 Å². The van der Waals surface area contributed by atoms with E-state index in [1.807, 2.05) is 42.5 Å². The Kier molecular flexibility index (Phi) is 6.66. The highest BCUT2D eigenvalue weighted by molar-refractivity contribution is 5.96. The van der Waals surface area contributed by atoms with E-state index in [-0.39, 0.29) is 17.7 Å². The number of anilines is 1. The summed E-state index contributed by atoms with van der Waals surface area (Å²) in [5, 5.41) is 6.25. The molecule has 2 amide bonds. The molecule has 34 heavy (non-hydrogen) atoms. The van der Waals surface area contributed by atoms with E-state index in [1.165, 1.54) is 19.3 Å². The van der Waals surface area contributed by atoms with Gasteiger partial charge >= 0.3 is 0 Å². The van der Waals surface area contributed by atoms with Gasteiger partial charge in [-0.25, -0.2) is 4.98 Å². The molecular formula is C28H34N4O2. The van der Waals surface area contributed by atoms with Gasteiger partial charge in [-0.2, -0.15) is 0 Å². The number of hydrogen-bond donors (Lipinski definition) is 3. The van der Waals surface area contributed by atoms with Crippen molar-refractivity contribution in [3.8, 4) is 11.4 Å². The van der Waals surface area contributed by atoms with Gasteiger partial charge in [0.25, 0.3) is 5.91 Å². The van der Waals surface area contributed by atoms with E-state index in [4.69, 9.17) is 4.98 Å². The highest BCUT2D eigenvalue weighted by Gasteiger charge is 2.24. The summed E-state index contributed by atoms with van der Waals surface area (Å²) in [6.07, 6.45) is 10.00. The third-order valence-electron chi connectivity index (χ3n) is 7.50. The lowest BCUT2D eigenvalue weighted by Gasteiger charge is -2.25. The normalized spacial score (nSPS) is 21.3. The maximum Gasteiger partial charge on any atom is 0.251 e. The zero-order chi connectivity index (χ0) is 23.5. The Morgan fingerprint density at radius 3 is 2.38 bits per heavy atom. The Balaban J connectivity index is 1.25. The Morgan fingerprint density at radius 2 is 1.65 bits per heavy atom. The van der Waals surface area contributed by atoms with Crippen LogP contribution in [0.4, 0.5) is 5.69 Å². The first-order valence-electron chi connectivity index (χ1n) is 12.8. The minimum absolute atomic E-state index is 0.00383. The van der Waals surface area contributed by atoms with Crippen LogP contribution in [0.2, 0.25) is 0 Å². The molecule has 1 heterocycles. The molecule has 2 aromatic carbocycles. The molecular weight excluding hydrogens is 424 g/mol. The molecule has 0 radical (unpaired) electrons. The number of H-pyrrole nitrogens is 1. The summed E-state index contributed by atoms with van der Waals surface area (Å²) in [6.45, 7) is 2.26. The van der Waals surface area contributed by atoms with Crippen molar-refractivity contribution in [3.05, 3.63) is 48.0 Å². The van der Waals surface area contributed by atoms with Crippen LogP contribution in [0.25, 0.3) is 22.4 Å². The standard InChI is InChI=1S/C28H34N4O2/c1-18-7-9-20(10-8-18)28(34)30-23-15-16-24-25(17-23)32-26(31-24)19-11-13-21(14-12-19)27(33)29-22-5-3-2-4-6-22/h11-18,20,22H,2-10H2,1H3,(H,29,33)(H,30,34)(H,31,32). The van der Waals surface area contributed by atoms with E-state index in [0.29, 0.717) is 11.6 Å². The summed E-state index contributed by atoms with van der Waals surface area (Å²) >= 11 is 0. The number of aromatic amines is 1. The smallest absolute Gasteiger partial charge is 0.251 e. The maximum absolute atomic E-state index is 12.7. The minimum Gasteiger partial charge on any atom is -0.349 e. The van der Waals surface area contributed by atoms with Crippen molar-refractivity contribution in [2.45, 2.75) is 70.8 Å². The fourth-order valence-corrected chi connectivity index (χ4v) is 5.28. The summed E-state index contributed by atoms with van der Waals surface area (Å²) < 4.78 is 0. The van der Waals surface area contributed by atoms with Crippen LogP contribution in [0.15, 0.2) is 42.5 Å². The number of rotatable bonds is 5. The number of imidazole rings is 1. The molecule has 0 atom stereocenters. The van der Waals surface area contributed by atoms with Gasteiger partial charge < -0.3 is 15.6 Å². The fraction of sp³-hybridized carbons (Fsp3) is 0.464. The van der Waals surface area contributed by atoms with E-state index >= 15 is 0 Å². The van der Waals surface area contributed by atoms with Gasteiger partial charge in [-0.3, -0.25) is 9.59 Å². The van der Waals surface area contributed by atoms with Gasteiger partial charge in [0.15, 0.2) is 0 Å². The van der Waals surface area contributed by atoms with Crippen LogP contribution in [0.3, 0.4) is 0 Å². The lowest BCUT2D eigenvalue weighted by Crippen LogP contribution is -2.36. The summed E-state index contributed by atoms with van der Waals surface area (Å²) in [4.78, 5) is 33.4. The van der Waals surface area contributed by atoms with Gasteiger partial charge in [0.1, 0.15) is 5.82 Å². The van der Waals surface area contributed by atoms with E-state index in [2.05, 4.69) is 22.5 Å². The van der Waals surface area contributed by atoms with Gasteiger partial charge in [0.05, 0.1) is 11.0 Å². The van der Waals surface area contributed by atoms with Crippen molar-refractivity contribution in [1.29, 1.82) is 0 Å². The Hall–Kier alpha value is -3.15. The molecule has 3 aromatic rings. The molecule has 0 spiro atoms. The summed E-state index contributed by atoms with van der Waals surface area (Å²) in [5.41, 5.74) is 4.10. The van der Waals surface area contributed by atoms with Gasteiger partial charge in [-0.05, 0) is 74.8 Å². The molecule has 178 valence electrons. The second kappa shape index (κ2) is 10.00. The van der Waals surface area contributed by atoms with Crippen LogP contribution in [-0.4, -0.2) is 27.8 Å². The predicted molar refractivity (Wildman–Crippen MR) is 136 cm³/mol. The van der Waals surface area contributed by atoms with Gasteiger partial charge in [-0.1, -0.05) is 38.3 Å². The lowest BCUT2D eigenvalue weighted by molar-refractivity contribution is -0.121. The van der Waals surface area contributed by atoms with Crippen LogP contribution in [0, 0.1) is 11.8 Å². The second-order valence-corrected chi connectivity index (χ2v) is 10.1. The zero-order valence-corrected chi connectivity index (χ0v) is 19.9. The molecule has 0 unspecified atom stereocenters. The number of aromatic nitrogens is 2. The Morgan fingerprint density at radius 1 is 0.912 bits per heavy atom. The number of carbonyl (C=O) groups excluding carboxylic acids is 2. The quantitative estimate of drug-likeness (QED) is 0.434. The first-order chi connectivity index (χ1) is 16.5. The lowest BCUT2D eigenvalue weighted by atomic mass is 9.82. The molecule has 5 rings (SSSR count). The number of hydrogen-bond acceptors (Lipinski definition) is 3. The number of nitrogens with one attached hydrogen (secondary N) is 3. The highest BCUT2D eigenvalue weighted by atomic mass is 16.2. The van der Waals surface area contributed by atoms with Crippen LogP contribution in [0.1, 0.15) is 75.1 Å². The van der Waals surface area contributed by atoms with Gasteiger partial charge in [-0.15, -0.1) is 0 Å². The van der Waals surface area contributed by atoms with E-state index in [9.17, 15) is 9.59 Å². The van der Waals surface area contributed by atoms with E-state index in [0.717, 1.165) is 72.6 Å². The van der Waals surface area contributed by atoms with Crippen LogP contribution in [-0.2, 0) is 4.79 Å². The van der Waals surface area contributed by atoms with Gasteiger partial charge in [0, 0.05) is 28.8 Å². The number of fused-ring (bicyclic) bond motifs is 1. The van der Waals surface area contributed by atoms with Crippen LogP contribution in [0.5, 0.6) is 0 Å². The molecule has 0 aliphatic heterocycles. The predicted octanol–water partition coefficient (Wildman–Crippen LogP) is 6.06. The minimum atomic E-state index is -0.00383. The zero-order valence-electron chi connectivity index (χ0n) is 19.9. The SMILES string of the molecule is CC1CCC(C(=O)Nc2ccc3[nH]c(-c4ccc(C(=O)NC5CCCCC5)cc4)nc3c2)CC1. The van der Waals surface area contributed by atoms with Crippen molar-refractivity contribution in [1.82, 2.24) is 15.3 Å². The largest absolute Gasteiger partial charge is 0.349 e. The van der Waals surface area contributed by atoms with Crippen LogP contribution >= 0.6 is 0 Å². The topological polar surface area (TPSA) is 86.9 Å². The molecule has 1 aromatic heterocycles. The molecule has 0 bridgehead atoms. The third kappa shape index (κ3) is 5.16. The highest BCUT2D eigenvalue weighted by Crippen LogP contribution is 2.30. The summed E-state index contributed by atoms with van der Waals surface area (Å²) in [6, 6.07) is 13.7. The molecule has 6 nitrogen and oxygen atoms in total. The first kappa shape index (κ1) is 22.6. The number of amides is 2. The number of nitrogens with zero attached hydrogens (tertiary/aromatic N) is 1. The fourth-order valence-electron chi connectivity index (χ4n) is 5.28. The molecule has 2 fully saturated rings. The van der Waals surface area contributed by atoms with Gasteiger partial charge in [0.2, 0.25) is 5.91 Å². The monoisotopic (exact) mass is 458 g/mol. The molecule has 6 heteroatoms. The molecule has 2 aliphatic carbocycles. The molecule has 3 N–H and O–H groups in total. The Labute approximate surface area is 200 Å². The summed E-state index contributed by atoms with van der Waals surface area (Å²) in [7, 11) is 0. The van der Waals surface area contributed by atoms with Crippen molar-refractivity contribution in [2.24, 2.45) is 11.8 Å². The summed E-state index contributed by atoms with van der Waals surface area (Å²) in [5.74, 6) is 1.69. The van der Waals surface area contributed by atoms with Crippen molar-refractivity contribution < 1.29 is 9.59 Å². The van der Waals surface area contributed by atoms with Crippen molar-refractivity contribution in [2.75, 3.05) is 5.32 Å². The second-order valence-electron chi connectivity index (χ2n) is 10.1. The Bertz CT molecular complexity index is 1150. The van der Waals surface area contributed by atoms with Crippen molar-refractivity contribution in [3.63, 3.8) is 0 Å². The number of carbonyl (C=O) groups is 2. The van der Waals surface area contributed by atoms with E-state index in [1.54, 1.807) is 0 Å². The first-order valence-corrected chi connectivity index (χ1v) is 12.8. The molecule has 0 saturated heterocycles. The number of benzene rings is 2. The van der Waals surface area contributed by atoms with Crippen molar-refractivity contribution >= 4 is 28.5 Å². The molecule has 2 aliphatic rings.